The molecule has 1 aromatic rings. The zero-order chi connectivity index (χ0) is 12.6. The Balaban J connectivity index is 2.40. The van der Waals surface area contributed by atoms with Gasteiger partial charge >= 0.3 is 5.69 Å². The minimum Gasteiger partial charge on any atom is -0.394 e. The first-order valence-corrected chi connectivity index (χ1v) is 5.24. The third-order valence-electron chi connectivity index (χ3n) is 2.80. The standard InChI is InChI=1S/C10H14N2O5/c1-10(16)4-6(5-13)17-8(10)12-3-2-7(14)11-9(12)15/h2-3,6,8,13,16H,4-5H2,1H3,(H,11,14,15)/t6-,8+,10+/m0/s1. The fraction of sp³-hybridized carbons (Fsp3) is 0.600. The van der Waals surface area contributed by atoms with E-state index in [1.54, 1.807) is 0 Å². The maximum absolute atomic E-state index is 11.6. The van der Waals surface area contributed by atoms with Crippen LogP contribution in [0, 0.1) is 0 Å². The highest BCUT2D eigenvalue weighted by Crippen LogP contribution is 2.36. The summed E-state index contributed by atoms with van der Waals surface area (Å²) in [7, 11) is 0. The maximum atomic E-state index is 11.6. The van der Waals surface area contributed by atoms with Gasteiger partial charge in [0.1, 0.15) is 5.60 Å². The molecule has 0 aromatic carbocycles. The summed E-state index contributed by atoms with van der Waals surface area (Å²) in [5, 5.41) is 19.1. The van der Waals surface area contributed by atoms with Crippen molar-refractivity contribution in [2.75, 3.05) is 6.61 Å². The fourth-order valence-electron chi connectivity index (χ4n) is 2.02. The molecule has 0 spiro atoms. The summed E-state index contributed by atoms with van der Waals surface area (Å²) in [6, 6.07) is 1.17. The molecule has 94 valence electrons. The SMILES string of the molecule is C[C@@]1(O)C[C@@H](CO)O[C@H]1n1ccc(=O)[nH]c1=O. The number of H-pyrrole nitrogens is 1. The van der Waals surface area contributed by atoms with E-state index in [9.17, 15) is 14.7 Å². The minimum absolute atomic E-state index is 0.222. The van der Waals surface area contributed by atoms with Gasteiger partial charge in [-0.05, 0) is 6.92 Å². The number of aromatic amines is 1. The molecule has 1 aromatic heterocycles. The first kappa shape index (κ1) is 12.0. The zero-order valence-corrected chi connectivity index (χ0v) is 9.29. The smallest absolute Gasteiger partial charge is 0.330 e. The lowest BCUT2D eigenvalue weighted by atomic mass is 10.0. The molecule has 7 heteroatoms. The first-order valence-electron chi connectivity index (χ1n) is 5.24. The van der Waals surface area contributed by atoms with Gasteiger partial charge < -0.3 is 14.9 Å². The lowest BCUT2D eigenvalue weighted by Crippen LogP contribution is -2.40. The lowest BCUT2D eigenvalue weighted by molar-refractivity contribution is -0.0897. The number of hydrogen-bond donors (Lipinski definition) is 3. The number of aromatic nitrogens is 2. The topological polar surface area (TPSA) is 105 Å². The highest BCUT2D eigenvalue weighted by molar-refractivity contribution is 4.94. The van der Waals surface area contributed by atoms with Crippen LogP contribution in [0.15, 0.2) is 21.9 Å². The van der Waals surface area contributed by atoms with Crippen molar-refractivity contribution in [1.82, 2.24) is 9.55 Å². The Bertz CT molecular complexity index is 518. The van der Waals surface area contributed by atoms with Crippen LogP contribution in [0.25, 0.3) is 0 Å². The van der Waals surface area contributed by atoms with Gasteiger partial charge in [-0.3, -0.25) is 14.3 Å². The van der Waals surface area contributed by atoms with E-state index in [2.05, 4.69) is 4.98 Å². The van der Waals surface area contributed by atoms with Crippen LogP contribution in [-0.4, -0.2) is 38.1 Å². The highest BCUT2D eigenvalue weighted by atomic mass is 16.5. The van der Waals surface area contributed by atoms with Crippen LogP contribution < -0.4 is 11.2 Å². The van der Waals surface area contributed by atoms with Gasteiger partial charge in [-0.25, -0.2) is 4.79 Å². The number of nitrogens with one attached hydrogen (secondary N) is 1. The number of hydrogen-bond acceptors (Lipinski definition) is 5. The van der Waals surface area contributed by atoms with E-state index >= 15 is 0 Å². The van der Waals surface area contributed by atoms with E-state index in [1.165, 1.54) is 19.2 Å². The normalized spacial score (nSPS) is 32.9. The largest absolute Gasteiger partial charge is 0.394 e. The van der Waals surface area contributed by atoms with Crippen molar-refractivity contribution in [3.63, 3.8) is 0 Å². The number of ether oxygens (including phenoxy) is 1. The van der Waals surface area contributed by atoms with Crippen LogP contribution in [0.5, 0.6) is 0 Å². The quantitative estimate of drug-likeness (QED) is 0.589. The van der Waals surface area contributed by atoms with Gasteiger partial charge in [0, 0.05) is 18.7 Å². The minimum atomic E-state index is -1.27. The number of rotatable bonds is 2. The van der Waals surface area contributed by atoms with E-state index in [-0.39, 0.29) is 13.0 Å². The van der Waals surface area contributed by atoms with Gasteiger partial charge in [-0.15, -0.1) is 0 Å². The summed E-state index contributed by atoms with van der Waals surface area (Å²) in [5.74, 6) is 0. The lowest BCUT2D eigenvalue weighted by Gasteiger charge is -2.24. The molecule has 0 radical (unpaired) electrons. The van der Waals surface area contributed by atoms with E-state index < -0.39 is 29.2 Å². The molecule has 0 saturated carbocycles. The van der Waals surface area contributed by atoms with E-state index in [1.807, 2.05) is 0 Å². The second-order valence-electron chi connectivity index (χ2n) is 4.37. The second-order valence-corrected chi connectivity index (χ2v) is 4.37. The molecule has 2 heterocycles. The predicted octanol–water partition coefficient (Wildman–Crippen LogP) is -1.43. The Morgan fingerprint density at radius 2 is 2.35 bits per heavy atom. The molecule has 0 amide bonds. The van der Waals surface area contributed by atoms with Crippen molar-refractivity contribution in [2.24, 2.45) is 0 Å². The first-order chi connectivity index (χ1) is 7.94. The molecular formula is C10H14N2O5. The summed E-state index contributed by atoms with van der Waals surface area (Å²) < 4.78 is 6.48. The van der Waals surface area contributed by atoms with Crippen LogP contribution in [0.2, 0.25) is 0 Å². The Morgan fingerprint density at radius 3 is 2.88 bits per heavy atom. The van der Waals surface area contributed by atoms with Crippen molar-refractivity contribution < 1.29 is 14.9 Å². The zero-order valence-electron chi connectivity index (χ0n) is 9.29. The molecule has 0 aliphatic carbocycles. The number of nitrogens with zero attached hydrogens (tertiary/aromatic N) is 1. The van der Waals surface area contributed by atoms with Crippen LogP contribution in [-0.2, 0) is 4.74 Å². The molecule has 0 unspecified atom stereocenters. The summed E-state index contributed by atoms with van der Waals surface area (Å²) >= 11 is 0. The Labute approximate surface area is 96.3 Å². The molecular weight excluding hydrogens is 228 g/mol. The number of aliphatic hydroxyl groups is 2. The average Bonchev–Trinajstić information content (AvgIpc) is 2.54. The molecule has 17 heavy (non-hydrogen) atoms. The van der Waals surface area contributed by atoms with E-state index in [0.717, 1.165) is 4.57 Å². The van der Waals surface area contributed by atoms with Gasteiger partial charge in [0.25, 0.3) is 5.56 Å². The molecule has 2 rings (SSSR count). The third kappa shape index (κ3) is 2.17. The van der Waals surface area contributed by atoms with Crippen molar-refractivity contribution >= 4 is 0 Å². The average molecular weight is 242 g/mol. The van der Waals surface area contributed by atoms with Crippen molar-refractivity contribution in [3.8, 4) is 0 Å². The maximum Gasteiger partial charge on any atom is 0.330 e. The molecule has 7 nitrogen and oxygen atoms in total. The van der Waals surface area contributed by atoms with Gasteiger partial charge in [-0.1, -0.05) is 0 Å². The molecule has 3 N–H and O–H groups in total. The summed E-state index contributed by atoms with van der Waals surface area (Å²) in [4.78, 5) is 24.6. The van der Waals surface area contributed by atoms with E-state index in [4.69, 9.17) is 9.84 Å². The molecule has 1 aliphatic heterocycles. The predicted molar refractivity (Wildman–Crippen MR) is 57.6 cm³/mol. The molecule has 0 bridgehead atoms. The van der Waals surface area contributed by atoms with Gasteiger partial charge in [0.2, 0.25) is 0 Å². The van der Waals surface area contributed by atoms with Crippen LogP contribution in [0.4, 0.5) is 0 Å². The molecule has 1 saturated heterocycles. The Morgan fingerprint density at radius 1 is 1.65 bits per heavy atom. The second kappa shape index (κ2) is 4.10. The van der Waals surface area contributed by atoms with Gasteiger partial charge in [0.05, 0.1) is 12.7 Å². The number of aliphatic hydroxyl groups excluding tert-OH is 1. The van der Waals surface area contributed by atoms with Crippen molar-refractivity contribution in [2.45, 2.75) is 31.3 Å². The summed E-state index contributed by atoms with van der Waals surface area (Å²) in [6.45, 7) is 1.29. The highest BCUT2D eigenvalue weighted by Gasteiger charge is 2.45. The van der Waals surface area contributed by atoms with Gasteiger partial charge in [-0.2, -0.15) is 0 Å². The van der Waals surface area contributed by atoms with Crippen LogP contribution >= 0.6 is 0 Å². The van der Waals surface area contributed by atoms with E-state index in [0.29, 0.717) is 0 Å². The van der Waals surface area contributed by atoms with Crippen molar-refractivity contribution in [1.29, 1.82) is 0 Å². The Hall–Kier alpha value is -1.44. The van der Waals surface area contributed by atoms with Crippen LogP contribution in [0.3, 0.4) is 0 Å². The van der Waals surface area contributed by atoms with Crippen molar-refractivity contribution in [3.05, 3.63) is 33.1 Å². The third-order valence-corrected chi connectivity index (χ3v) is 2.80. The molecule has 1 fully saturated rings. The fourth-order valence-corrected chi connectivity index (χ4v) is 2.02. The summed E-state index contributed by atoms with van der Waals surface area (Å²) in [5.41, 5.74) is -2.43. The monoisotopic (exact) mass is 242 g/mol. The van der Waals surface area contributed by atoms with Gasteiger partial charge in [0.15, 0.2) is 6.23 Å². The molecule has 3 atom stereocenters. The Kier molecular flexibility index (Phi) is 2.90. The van der Waals surface area contributed by atoms with Crippen LogP contribution in [0.1, 0.15) is 19.6 Å². The summed E-state index contributed by atoms with van der Waals surface area (Å²) in [6.07, 6.45) is 0.0533. The molecule has 1 aliphatic rings.